The van der Waals surface area contributed by atoms with Crippen LogP contribution < -0.4 is 9.47 Å². The van der Waals surface area contributed by atoms with E-state index >= 15 is 0 Å². The van der Waals surface area contributed by atoms with Crippen molar-refractivity contribution in [3.05, 3.63) is 115 Å². The number of nitrogens with zero attached hydrogens (tertiary/aromatic N) is 2. The number of nitro groups is 1. The standard InChI is InChI=1S/C29H21BrN2O6S/c1-37-25-14-18(13-23(30)27(25)38-17-21-10-6-9-19-7-2-4-11-22(19)21)15-26-28(33)31(29(34)39-26)16-20-8-3-5-12-24(20)32(35)36/h2-15H,16-17H2,1H3/b26-15+. The van der Waals surface area contributed by atoms with Crippen LogP contribution in [0.3, 0.4) is 0 Å². The number of thioether (sulfide) groups is 1. The van der Waals surface area contributed by atoms with Crippen LogP contribution in [0.5, 0.6) is 11.5 Å². The Balaban J connectivity index is 1.37. The highest BCUT2D eigenvalue weighted by Gasteiger charge is 2.36. The van der Waals surface area contributed by atoms with Crippen molar-refractivity contribution < 1.29 is 24.0 Å². The van der Waals surface area contributed by atoms with Crippen LogP contribution in [0.25, 0.3) is 16.8 Å². The van der Waals surface area contributed by atoms with Gasteiger partial charge < -0.3 is 9.47 Å². The third kappa shape index (κ3) is 5.52. The molecule has 0 spiro atoms. The van der Waals surface area contributed by atoms with Crippen LogP contribution in [0.4, 0.5) is 10.5 Å². The molecule has 0 radical (unpaired) electrons. The Morgan fingerprint density at radius 1 is 1.00 bits per heavy atom. The van der Waals surface area contributed by atoms with Crippen molar-refractivity contribution in [2.24, 2.45) is 0 Å². The van der Waals surface area contributed by atoms with E-state index in [1.807, 2.05) is 42.5 Å². The second kappa shape index (κ2) is 11.3. The number of carbonyl (C=O) groups excluding carboxylic acids is 2. The number of halogens is 1. The molecule has 0 N–H and O–H groups in total. The first-order valence-electron chi connectivity index (χ1n) is 11.8. The maximum Gasteiger partial charge on any atom is 0.293 e. The minimum atomic E-state index is -0.530. The number of fused-ring (bicyclic) bond motifs is 1. The Bertz CT molecular complexity index is 1650. The van der Waals surface area contributed by atoms with Gasteiger partial charge in [-0.05, 0) is 67.8 Å². The lowest BCUT2D eigenvalue weighted by Gasteiger charge is -2.15. The molecule has 8 nitrogen and oxygen atoms in total. The quantitative estimate of drug-likeness (QED) is 0.118. The molecular formula is C29H21BrN2O6S. The Labute approximate surface area is 236 Å². The molecule has 0 aromatic heterocycles. The van der Waals surface area contributed by atoms with Gasteiger partial charge in [0.1, 0.15) is 6.61 Å². The van der Waals surface area contributed by atoms with Crippen molar-refractivity contribution in [2.45, 2.75) is 13.2 Å². The van der Waals surface area contributed by atoms with Crippen LogP contribution in [0.15, 0.2) is 88.2 Å². The van der Waals surface area contributed by atoms with Crippen molar-refractivity contribution in [1.82, 2.24) is 4.90 Å². The lowest BCUT2D eigenvalue weighted by molar-refractivity contribution is -0.385. The largest absolute Gasteiger partial charge is 0.493 e. The van der Waals surface area contributed by atoms with Gasteiger partial charge >= 0.3 is 0 Å². The molecule has 39 heavy (non-hydrogen) atoms. The third-order valence-corrected chi connectivity index (χ3v) is 7.69. The molecule has 4 aromatic rings. The van der Waals surface area contributed by atoms with E-state index in [2.05, 4.69) is 15.9 Å². The predicted molar refractivity (Wildman–Crippen MR) is 154 cm³/mol. The summed E-state index contributed by atoms with van der Waals surface area (Å²) in [5.41, 5.74) is 1.78. The van der Waals surface area contributed by atoms with Gasteiger partial charge in [0, 0.05) is 11.6 Å². The molecule has 4 aromatic carbocycles. The van der Waals surface area contributed by atoms with Crippen molar-refractivity contribution in [1.29, 1.82) is 0 Å². The number of hydrogen-bond donors (Lipinski definition) is 0. The fourth-order valence-electron chi connectivity index (χ4n) is 4.31. The number of rotatable bonds is 8. The Kier molecular flexibility index (Phi) is 7.67. The molecule has 0 bridgehead atoms. The van der Waals surface area contributed by atoms with Crippen LogP contribution >= 0.6 is 27.7 Å². The van der Waals surface area contributed by atoms with E-state index in [9.17, 15) is 19.7 Å². The number of ether oxygens (including phenoxy) is 2. The molecule has 0 atom stereocenters. The van der Waals surface area contributed by atoms with Gasteiger partial charge in [-0.15, -0.1) is 0 Å². The Morgan fingerprint density at radius 3 is 2.51 bits per heavy atom. The van der Waals surface area contributed by atoms with E-state index in [0.29, 0.717) is 28.1 Å². The minimum Gasteiger partial charge on any atom is -0.493 e. The number of imide groups is 1. The van der Waals surface area contributed by atoms with Crippen LogP contribution in [0.1, 0.15) is 16.7 Å². The zero-order valence-electron chi connectivity index (χ0n) is 20.6. The first-order valence-corrected chi connectivity index (χ1v) is 13.4. The molecular weight excluding hydrogens is 584 g/mol. The number of amides is 2. The number of para-hydroxylation sites is 1. The van der Waals surface area contributed by atoms with Gasteiger partial charge in [-0.25, -0.2) is 0 Å². The number of benzene rings is 4. The number of carbonyl (C=O) groups is 2. The van der Waals surface area contributed by atoms with Gasteiger partial charge in [0.05, 0.1) is 28.0 Å². The van der Waals surface area contributed by atoms with Gasteiger partial charge in [0.15, 0.2) is 11.5 Å². The average Bonchev–Trinajstić information content (AvgIpc) is 3.19. The molecule has 196 valence electrons. The summed E-state index contributed by atoms with van der Waals surface area (Å²) in [5.74, 6) is 0.441. The van der Waals surface area contributed by atoms with E-state index in [-0.39, 0.29) is 22.7 Å². The first-order chi connectivity index (χ1) is 18.9. The molecule has 1 fully saturated rings. The Morgan fingerprint density at radius 2 is 1.72 bits per heavy atom. The molecule has 10 heteroatoms. The summed E-state index contributed by atoms with van der Waals surface area (Å²) in [7, 11) is 1.52. The molecule has 1 saturated heterocycles. The van der Waals surface area contributed by atoms with Gasteiger partial charge in [-0.2, -0.15) is 0 Å². The van der Waals surface area contributed by atoms with E-state index in [1.54, 1.807) is 24.3 Å². The molecule has 0 aliphatic carbocycles. The summed E-state index contributed by atoms with van der Waals surface area (Å²) in [6.07, 6.45) is 1.59. The third-order valence-electron chi connectivity index (χ3n) is 6.19. The van der Waals surface area contributed by atoms with Crippen LogP contribution in [0, 0.1) is 10.1 Å². The zero-order valence-corrected chi connectivity index (χ0v) is 23.0. The van der Waals surface area contributed by atoms with E-state index in [4.69, 9.17) is 9.47 Å². The lowest BCUT2D eigenvalue weighted by Crippen LogP contribution is -2.27. The molecule has 1 aliphatic heterocycles. The summed E-state index contributed by atoms with van der Waals surface area (Å²) in [6, 6.07) is 23.7. The number of hydrogen-bond acceptors (Lipinski definition) is 7. The summed E-state index contributed by atoms with van der Waals surface area (Å²) in [4.78, 5) is 37.7. The van der Waals surface area contributed by atoms with Crippen molar-refractivity contribution in [2.75, 3.05) is 7.11 Å². The maximum absolute atomic E-state index is 13.1. The minimum absolute atomic E-state index is 0.145. The molecule has 0 unspecified atom stereocenters. The van der Waals surface area contributed by atoms with E-state index in [0.717, 1.165) is 33.0 Å². The molecule has 0 saturated carbocycles. The molecule has 1 aliphatic rings. The summed E-state index contributed by atoms with van der Waals surface area (Å²) in [6.45, 7) is 0.132. The maximum atomic E-state index is 13.1. The second-order valence-corrected chi connectivity index (χ2v) is 10.5. The number of nitro benzene ring substituents is 1. The van der Waals surface area contributed by atoms with Gasteiger partial charge in [-0.1, -0.05) is 60.7 Å². The topological polar surface area (TPSA) is 99.0 Å². The first kappa shape index (κ1) is 26.5. The number of methoxy groups -OCH3 is 1. The average molecular weight is 605 g/mol. The zero-order chi connectivity index (χ0) is 27.5. The van der Waals surface area contributed by atoms with Crippen LogP contribution in [-0.2, 0) is 17.9 Å². The summed E-state index contributed by atoms with van der Waals surface area (Å²) >= 11 is 4.33. The lowest BCUT2D eigenvalue weighted by atomic mass is 10.1. The Hall–Kier alpha value is -4.15. The van der Waals surface area contributed by atoms with Crippen molar-refractivity contribution in [3.63, 3.8) is 0 Å². The fraction of sp³-hybridized carbons (Fsp3) is 0.103. The predicted octanol–water partition coefficient (Wildman–Crippen LogP) is 7.33. The summed E-state index contributed by atoms with van der Waals surface area (Å²) < 4.78 is 12.3. The SMILES string of the molecule is COc1cc(/C=C2/SC(=O)N(Cc3ccccc3[N+](=O)[O-])C2=O)cc(Br)c1OCc1cccc2ccccc12. The normalized spacial score (nSPS) is 14.3. The van der Waals surface area contributed by atoms with E-state index in [1.165, 1.54) is 25.3 Å². The highest BCUT2D eigenvalue weighted by Crippen LogP contribution is 2.40. The van der Waals surface area contributed by atoms with Crippen molar-refractivity contribution in [3.8, 4) is 11.5 Å². The fourth-order valence-corrected chi connectivity index (χ4v) is 5.72. The smallest absolute Gasteiger partial charge is 0.293 e. The van der Waals surface area contributed by atoms with E-state index < -0.39 is 16.1 Å². The van der Waals surface area contributed by atoms with Crippen LogP contribution in [0.2, 0.25) is 0 Å². The highest BCUT2D eigenvalue weighted by molar-refractivity contribution is 9.10. The second-order valence-electron chi connectivity index (χ2n) is 8.61. The van der Waals surface area contributed by atoms with Gasteiger partial charge in [0.2, 0.25) is 0 Å². The summed E-state index contributed by atoms with van der Waals surface area (Å²) in [5, 5.41) is 13.1. The van der Waals surface area contributed by atoms with Gasteiger partial charge in [-0.3, -0.25) is 24.6 Å². The van der Waals surface area contributed by atoms with Crippen molar-refractivity contribution >= 4 is 61.4 Å². The van der Waals surface area contributed by atoms with Gasteiger partial charge in [0.25, 0.3) is 16.8 Å². The molecule has 1 heterocycles. The molecule has 5 rings (SSSR count). The monoisotopic (exact) mass is 604 g/mol. The van der Waals surface area contributed by atoms with Crippen LogP contribution in [-0.4, -0.2) is 28.1 Å². The molecule has 2 amide bonds. The highest BCUT2D eigenvalue weighted by atomic mass is 79.9.